The van der Waals surface area contributed by atoms with Gasteiger partial charge in [-0.15, -0.1) is 0 Å². The Morgan fingerprint density at radius 2 is 1.91 bits per heavy atom. The lowest BCUT2D eigenvalue weighted by atomic mass is 9.85. The Labute approximate surface area is 133 Å². The molecule has 0 aliphatic carbocycles. The van der Waals surface area contributed by atoms with Gasteiger partial charge < -0.3 is 20.3 Å². The van der Waals surface area contributed by atoms with Crippen LogP contribution in [0.5, 0.6) is 0 Å². The van der Waals surface area contributed by atoms with Crippen molar-refractivity contribution in [3.63, 3.8) is 0 Å². The molecule has 1 aromatic carbocycles. The smallest absolute Gasteiger partial charge is 0.278 e. The van der Waals surface area contributed by atoms with Crippen molar-refractivity contribution < 1.29 is 24.5 Å². The molecule has 3 atom stereocenters. The van der Waals surface area contributed by atoms with Crippen molar-refractivity contribution in [1.29, 1.82) is 0 Å². The highest BCUT2D eigenvalue weighted by Crippen LogP contribution is 2.42. The van der Waals surface area contributed by atoms with Crippen molar-refractivity contribution in [1.82, 2.24) is 5.32 Å². The molecule has 3 N–H and O–H groups in total. The van der Waals surface area contributed by atoms with E-state index in [1.807, 2.05) is 6.07 Å². The van der Waals surface area contributed by atoms with Gasteiger partial charge in [0.25, 0.3) is 11.5 Å². The van der Waals surface area contributed by atoms with E-state index < -0.39 is 29.1 Å². The third-order valence-corrected chi connectivity index (χ3v) is 4.52. The van der Waals surface area contributed by atoms with Crippen LogP contribution >= 0.6 is 0 Å². The molecule has 3 rings (SSSR count). The van der Waals surface area contributed by atoms with Gasteiger partial charge in [-0.25, -0.2) is 0 Å². The van der Waals surface area contributed by atoms with Crippen molar-refractivity contribution in [3.8, 4) is 0 Å². The number of hydrogen-bond acceptors (Lipinski definition) is 5. The molecular weight excluding hydrogens is 298 g/mol. The van der Waals surface area contributed by atoms with Crippen LogP contribution in [0.25, 0.3) is 0 Å². The van der Waals surface area contributed by atoms with Crippen LogP contribution in [-0.2, 0) is 20.7 Å². The minimum atomic E-state index is -2.08. The zero-order valence-corrected chi connectivity index (χ0v) is 13.0. The molecule has 0 radical (unpaired) electrons. The predicted octanol–water partition coefficient (Wildman–Crippen LogP) is 0.430. The van der Waals surface area contributed by atoms with Gasteiger partial charge in [-0.1, -0.05) is 37.3 Å². The minimum Gasteiger partial charge on any atom is -0.470 e. The summed E-state index contributed by atoms with van der Waals surface area (Å²) in [6, 6.07) is 8.93. The molecule has 2 aliphatic heterocycles. The average Bonchev–Trinajstić information content (AvgIpc) is 2.89. The van der Waals surface area contributed by atoms with E-state index in [2.05, 4.69) is 5.32 Å². The van der Waals surface area contributed by atoms with E-state index in [4.69, 9.17) is 4.74 Å². The summed E-state index contributed by atoms with van der Waals surface area (Å²) in [5.74, 6) is -1.03. The maximum atomic E-state index is 12.5. The number of carbonyl (C=O) groups is 2. The molecule has 0 saturated carbocycles. The van der Waals surface area contributed by atoms with Crippen molar-refractivity contribution >= 4 is 11.7 Å². The minimum absolute atomic E-state index is 0.0281. The lowest BCUT2D eigenvalue weighted by Gasteiger charge is -2.30. The number of hydrogen-bond donors (Lipinski definition) is 3. The van der Waals surface area contributed by atoms with E-state index in [1.165, 1.54) is 0 Å². The molecule has 1 spiro atoms. The van der Waals surface area contributed by atoms with Crippen LogP contribution in [0.15, 0.2) is 41.7 Å². The second kappa shape index (κ2) is 5.18. The quantitative estimate of drug-likeness (QED) is 0.703. The van der Waals surface area contributed by atoms with E-state index in [-0.39, 0.29) is 6.42 Å². The summed E-state index contributed by atoms with van der Waals surface area (Å²) in [5, 5.41) is 23.7. The number of Topliss-reactive ketones (excluding diaryl/α,β-unsaturated/α-hetero) is 1. The first-order valence-electron chi connectivity index (χ1n) is 7.55. The summed E-state index contributed by atoms with van der Waals surface area (Å²) < 4.78 is 5.55. The van der Waals surface area contributed by atoms with Gasteiger partial charge in [0.1, 0.15) is 5.76 Å². The van der Waals surface area contributed by atoms with Crippen molar-refractivity contribution in [2.24, 2.45) is 0 Å². The molecule has 6 nitrogen and oxygen atoms in total. The Balaban J connectivity index is 1.95. The molecule has 23 heavy (non-hydrogen) atoms. The monoisotopic (exact) mass is 317 g/mol. The van der Waals surface area contributed by atoms with Gasteiger partial charge >= 0.3 is 0 Å². The Morgan fingerprint density at radius 3 is 2.48 bits per heavy atom. The number of rotatable bonds is 3. The molecule has 2 heterocycles. The molecule has 0 unspecified atom stereocenters. The van der Waals surface area contributed by atoms with Gasteiger partial charge in [0, 0.05) is 18.4 Å². The number of benzene rings is 1. The van der Waals surface area contributed by atoms with E-state index in [0.717, 1.165) is 5.56 Å². The summed E-state index contributed by atoms with van der Waals surface area (Å²) in [7, 11) is 0. The molecule has 1 fully saturated rings. The van der Waals surface area contributed by atoms with Crippen LogP contribution in [-0.4, -0.2) is 39.3 Å². The number of ether oxygens (including phenoxy) is 1. The van der Waals surface area contributed by atoms with Crippen LogP contribution in [0, 0.1) is 0 Å². The van der Waals surface area contributed by atoms with E-state index in [0.29, 0.717) is 17.8 Å². The summed E-state index contributed by atoms with van der Waals surface area (Å²) in [6.45, 7) is 3.35. The summed E-state index contributed by atoms with van der Waals surface area (Å²) >= 11 is 0. The molecule has 1 saturated heterocycles. The first-order valence-corrected chi connectivity index (χ1v) is 7.55. The van der Waals surface area contributed by atoms with Crippen LogP contribution < -0.4 is 5.32 Å². The molecule has 0 bridgehead atoms. The molecule has 122 valence electrons. The van der Waals surface area contributed by atoms with Gasteiger partial charge in [-0.3, -0.25) is 9.59 Å². The Kier molecular flexibility index (Phi) is 3.54. The molecule has 2 aliphatic rings. The number of aliphatic hydroxyl groups is 2. The SMILES string of the molecule is CCC1=C(C)C(=O)[C@]2(O1)C(=O)N[C@@](O)(Cc1ccccc1)[C@@H]2O. The van der Waals surface area contributed by atoms with Crippen molar-refractivity contribution in [3.05, 3.63) is 47.2 Å². The molecule has 1 aromatic rings. The number of carbonyl (C=O) groups excluding carboxylic acids is 2. The van der Waals surface area contributed by atoms with E-state index in [1.54, 1.807) is 38.1 Å². The molecular formula is C17H19NO5. The summed E-state index contributed by atoms with van der Waals surface area (Å²) in [5.41, 5.74) is -3.01. The third-order valence-electron chi connectivity index (χ3n) is 4.52. The van der Waals surface area contributed by atoms with Crippen molar-refractivity contribution in [2.45, 2.75) is 44.1 Å². The largest absolute Gasteiger partial charge is 0.470 e. The van der Waals surface area contributed by atoms with Gasteiger partial charge in [-0.2, -0.15) is 0 Å². The number of amides is 1. The van der Waals surface area contributed by atoms with Gasteiger partial charge in [-0.05, 0) is 12.5 Å². The highest BCUT2D eigenvalue weighted by Gasteiger charge is 2.70. The normalized spacial score (nSPS) is 33.3. The topological polar surface area (TPSA) is 95.9 Å². The Bertz CT molecular complexity index is 698. The zero-order chi connectivity index (χ0) is 16.8. The number of ketones is 1. The lowest BCUT2D eigenvalue weighted by molar-refractivity contribution is -0.162. The third kappa shape index (κ3) is 2.09. The maximum Gasteiger partial charge on any atom is 0.278 e. The first-order chi connectivity index (χ1) is 10.8. The Morgan fingerprint density at radius 1 is 1.26 bits per heavy atom. The van der Waals surface area contributed by atoms with Crippen LogP contribution in [0.3, 0.4) is 0 Å². The lowest BCUT2D eigenvalue weighted by Crippen LogP contribution is -2.56. The maximum absolute atomic E-state index is 12.5. The molecule has 6 heteroatoms. The molecule has 1 amide bonds. The summed E-state index contributed by atoms with van der Waals surface area (Å²) in [6.07, 6.45) is -1.30. The molecule has 0 aromatic heterocycles. The first kappa shape index (κ1) is 15.7. The van der Waals surface area contributed by atoms with Gasteiger partial charge in [0.05, 0.1) is 0 Å². The van der Waals surface area contributed by atoms with Crippen LogP contribution in [0.1, 0.15) is 25.8 Å². The predicted molar refractivity (Wildman–Crippen MR) is 81.1 cm³/mol. The van der Waals surface area contributed by atoms with E-state index >= 15 is 0 Å². The number of aliphatic hydroxyl groups excluding tert-OH is 1. The second-order valence-electron chi connectivity index (χ2n) is 6.01. The zero-order valence-electron chi connectivity index (χ0n) is 13.0. The van der Waals surface area contributed by atoms with Crippen LogP contribution in [0.4, 0.5) is 0 Å². The fourth-order valence-corrected chi connectivity index (χ4v) is 3.26. The number of nitrogens with one attached hydrogen (secondary N) is 1. The van der Waals surface area contributed by atoms with Gasteiger partial charge in [0.2, 0.25) is 5.78 Å². The van der Waals surface area contributed by atoms with Crippen LogP contribution in [0.2, 0.25) is 0 Å². The second-order valence-corrected chi connectivity index (χ2v) is 6.01. The highest BCUT2D eigenvalue weighted by molar-refractivity contribution is 6.20. The highest BCUT2D eigenvalue weighted by atomic mass is 16.5. The average molecular weight is 317 g/mol. The summed E-state index contributed by atoms with van der Waals surface area (Å²) in [4.78, 5) is 25.0. The van der Waals surface area contributed by atoms with Gasteiger partial charge in [0.15, 0.2) is 11.8 Å². The fraction of sp³-hybridized carbons (Fsp3) is 0.412. The van der Waals surface area contributed by atoms with E-state index in [9.17, 15) is 19.8 Å². The number of allylic oxidation sites excluding steroid dienone is 1. The fourth-order valence-electron chi connectivity index (χ4n) is 3.26. The van der Waals surface area contributed by atoms with Crippen molar-refractivity contribution in [2.75, 3.05) is 0 Å². The standard InChI is InChI=1S/C17H19NO5/c1-3-12-10(2)13(19)17(23-12)14(20)16(22,18-15(17)21)9-11-7-5-4-6-8-11/h4-8,14,20,22H,3,9H2,1-2H3,(H,18,21)/t14-,16+,17+/m0/s1. The Hall–Kier alpha value is -2.18.